The van der Waals surface area contributed by atoms with E-state index in [1.165, 1.54) is 6.92 Å². The molecule has 1 aromatic heterocycles. The molecule has 1 rings (SSSR count). The van der Waals surface area contributed by atoms with Gasteiger partial charge in [0.15, 0.2) is 5.82 Å². The van der Waals surface area contributed by atoms with E-state index in [1.54, 1.807) is 6.92 Å². The Morgan fingerprint density at radius 1 is 1.54 bits per heavy atom. The molecule has 1 aromatic rings. The van der Waals surface area contributed by atoms with Gasteiger partial charge in [0.1, 0.15) is 0 Å². The lowest BCUT2D eigenvalue weighted by Crippen LogP contribution is -2.10. The molecule has 1 N–H and O–H groups in total. The smallest absolute Gasteiger partial charge is 0.223 e. The number of nitrogens with zero attached hydrogens (tertiary/aromatic N) is 2. The van der Waals surface area contributed by atoms with Crippen molar-refractivity contribution >= 4 is 11.6 Å². The molecule has 0 aliphatic heterocycles. The summed E-state index contributed by atoms with van der Waals surface area (Å²) in [7, 11) is 0. The molecule has 0 radical (unpaired) electrons. The maximum atomic E-state index is 13.2. The first-order chi connectivity index (χ1) is 6.00. The monoisotopic (exact) mass is 204 g/mol. The second-order valence-corrected chi connectivity index (χ2v) is 3.23. The van der Waals surface area contributed by atoms with E-state index < -0.39 is 11.9 Å². The van der Waals surface area contributed by atoms with Crippen molar-refractivity contribution < 1.29 is 9.50 Å². The molecule has 0 saturated carbocycles. The first-order valence-corrected chi connectivity index (χ1v) is 4.25. The zero-order valence-electron chi connectivity index (χ0n) is 7.38. The number of rotatable bonds is 2. The summed E-state index contributed by atoms with van der Waals surface area (Å²) < 4.78 is 13.2. The molecule has 1 atom stereocenters. The Hall–Kier alpha value is -0.740. The normalized spacial score (nSPS) is 13.0. The van der Waals surface area contributed by atoms with Crippen LogP contribution in [-0.4, -0.2) is 21.2 Å². The predicted molar refractivity (Wildman–Crippen MR) is 47.1 cm³/mol. The van der Waals surface area contributed by atoms with E-state index in [0.717, 1.165) is 0 Å². The molecular formula is C8H10ClFN2O. The van der Waals surface area contributed by atoms with Gasteiger partial charge in [-0.25, -0.2) is 14.4 Å². The highest BCUT2D eigenvalue weighted by atomic mass is 35.5. The van der Waals surface area contributed by atoms with Crippen molar-refractivity contribution in [2.45, 2.75) is 26.4 Å². The van der Waals surface area contributed by atoms with E-state index in [2.05, 4.69) is 9.97 Å². The molecule has 0 amide bonds. The van der Waals surface area contributed by atoms with Crippen molar-refractivity contribution in [2.75, 3.05) is 0 Å². The molecule has 0 spiro atoms. The van der Waals surface area contributed by atoms with Crippen molar-refractivity contribution in [2.24, 2.45) is 0 Å². The molecule has 0 fully saturated rings. The van der Waals surface area contributed by atoms with Gasteiger partial charge in [-0.1, -0.05) is 0 Å². The van der Waals surface area contributed by atoms with Crippen LogP contribution in [-0.2, 0) is 6.42 Å². The van der Waals surface area contributed by atoms with Crippen molar-refractivity contribution in [1.82, 2.24) is 9.97 Å². The molecule has 0 saturated heterocycles. The maximum Gasteiger partial charge on any atom is 0.223 e. The van der Waals surface area contributed by atoms with Crippen molar-refractivity contribution in [3.05, 3.63) is 22.5 Å². The highest BCUT2D eigenvalue weighted by Crippen LogP contribution is 2.13. The summed E-state index contributed by atoms with van der Waals surface area (Å²) in [6.45, 7) is 3.07. The van der Waals surface area contributed by atoms with E-state index >= 15 is 0 Å². The number of aliphatic hydroxyl groups excluding tert-OH is 1. The first kappa shape index (κ1) is 10.3. The second kappa shape index (κ2) is 3.98. The van der Waals surface area contributed by atoms with Gasteiger partial charge in [-0.05, 0) is 25.4 Å². The van der Waals surface area contributed by atoms with Crippen LogP contribution in [0.5, 0.6) is 0 Å². The van der Waals surface area contributed by atoms with Crippen LogP contribution in [0.15, 0.2) is 0 Å². The molecule has 1 unspecified atom stereocenters. The summed E-state index contributed by atoms with van der Waals surface area (Å²) in [4.78, 5) is 7.33. The van der Waals surface area contributed by atoms with Crippen LogP contribution in [0.25, 0.3) is 0 Å². The van der Waals surface area contributed by atoms with Crippen LogP contribution in [0.4, 0.5) is 4.39 Å². The molecule has 3 nitrogen and oxygen atoms in total. The van der Waals surface area contributed by atoms with Gasteiger partial charge in [-0.2, -0.15) is 0 Å². The Kier molecular flexibility index (Phi) is 3.17. The molecule has 0 aliphatic rings. The lowest BCUT2D eigenvalue weighted by molar-refractivity contribution is 0.192. The molecule has 13 heavy (non-hydrogen) atoms. The Bertz CT molecular complexity index is 317. The summed E-state index contributed by atoms with van der Waals surface area (Å²) in [5.74, 6) is -0.495. The van der Waals surface area contributed by atoms with Gasteiger partial charge >= 0.3 is 0 Å². The SMILES string of the molecule is Cc1nc(Cl)nc(CC(C)O)c1F. The van der Waals surface area contributed by atoms with Gasteiger partial charge in [0, 0.05) is 6.42 Å². The highest BCUT2D eigenvalue weighted by molar-refractivity contribution is 6.28. The molecule has 0 aliphatic carbocycles. The van der Waals surface area contributed by atoms with E-state index in [-0.39, 0.29) is 23.1 Å². The quantitative estimate of drug-likeness (QED) is 0.743. The van der Waals surface area contributed by atoms with E-state index in [0.29, 0.717) is 0 Å². The first-order valence-electron chi connectivity index (χ1n) is 3.87. The fraction of sp³-hybridized carbons (Fsp3) is 0.500. The molecule has 72 valence electrons. The van der Waals surface area contributed by atoms with Crippen LogP contribution >= 0.6 is 11.6 Å². The van der Waals surface area contributed by atoms with Gasteiger partial charge in [0.05, 0.1) is 17.5 Å². The minimum atomic E-state index is -0.639. The average Bonchev–Trinajstić information content (AvgIpc) is 1.98. The average molecular weight is 205 g/mol. The van der Waals surface area contributed by atoms with Crippen molar-refractivity contribution in [3.63, 3.8) is 0 Å². The van der Waals surface area contributed by atoms with Gasteiger partial charge in [-0.3, -0.25) is 0 Å². The van der Waals surface area contributed by atoms with E-state index in [4.69, 9.17) is 16.7 Å². The lowest BCUT2D eigenvalue weighted by Gasteiger charge is -2.06. The van der Waals surface area contributed by atoms with E-state index in [9.17, 15) is 4.39 Å². The molecular weight excluding hydrogens is 195 g/mol. The van der Waals surface area contributed by atoms with E-state index in [1.807, 2.05) is 0 Å². The summed E-state index contributed by atoms with van der Waals surface area (Å²) in [6, 6.07) is 0. The zero-order valence-corrected chi connectivity index (χ0v) is 8.14. The Morgan fingerprint density at radius 2 is 2.15 bits per heavy atom. The number of halogens is 2. The van der Waals surface area contributed by atoms with Gasteiger partial charge in [-0.15, -0.1) is 0 Å². The minimum absolute atomic E-state index is 0.00884. The predicted octanol–water partition coefficient (Wildman–Crippen LogP) is 1.50. The number of hydrogen-bond donors (Lipinski definition) is 1. The lowest BCUT2D eigenvalue weighted by atomic mass is 10.2. The third-order valence-electron chi connectivity index (χ3n) is 1.55. The second-order valence-electron chi connectivity index (χ2n) is 2.89. The summed E-state index contributed by atoms with van der Waals surface area (Å²) in [6.07, 6.45) is -0.491. The maximum absolute atomic E-state index is 13.2. The fourth-order valence-corrected chi connectivity index (χ4v) is 1.23. The minimum Gasteiger partial charge on any atom is -0.393 e. The Labute approximate surface area is 80.6 Å². The number of aromatic nitrogens is 2. The largest absolute Gasteiger partial charge is 0.393 e. The van der Waals surface area contributed by atoms with Crippen molar-refractivity contribution in [1.29, 1.82) is 0 Å². The van der Waals surface area contributed by atoms with Gasteiger partial charge < -0.3 is 5.11 Å². The fourth-order valence-electron chi connectivity index (χ4n) is 0.997. The summed E-state index contributed by atoms with van der Waals surface area (Å²) in [5, 5.41) is 9.05. The number of hydrogen-bond acceptors (Lipinski definition) is 3. The summed E-state index contributed by atoms with van der Waals surface area (Å²) >= 11 is 5.54. The Balaban J connectivity index is 3.05. The number of aliphatic hydroxyl groups is 1. The van der Waals surface area contributed by atoms with Crippen LogP contribution in [0.1, 0.15) is 18.3 Å². The molecule has 0 aromatic carbocycles. The van der Waals surface area contributed by atoms with Crippen LogP contribution < -0.4 is 0 Å². The van der Waals surface area contributed by atoms with Crippen LogP contribution in [0.3, 0.4) is 0 Å². The van der Waals surface area contributed by atoms with Gasteiger partial charge in [0.2, 0.25) is 5.28 Å². The highest BCUT2D eigenvalue weighted by Gasteiger charge is 2.12. The number of aryl methyl sites for hydroxylation is 1. The van der Waals surface area contributed by atoms with Crippen LogP contribution in [0.2, 0.25) is 5.28 Å². The van der Waals surface area contributed by atoms with Crippen LogP contribution in [0, 0.1) is 12.7 Å². The van der Waals surface area contributed by atoms with Crippen molar-refractivity contribution in [3.8, 4) is 0 Å². The summed E-state index contributed by atoms with van der Waals surface area (Å²) in [5.41, 5.74) is 0.364. The zero-order chi connectivity index (χ0) is 10.0. The topological polar surface area (TPSA) is 46.0 Å². The Morgan fingerprint density at radius 3 is 2.69 bits per heavy atom. The molecule has 5 heteroatoms. The third kappa shape index (κ3) is 2.60. The molecule has 1 heterocycles. The standard InChI is InChI=1S/C8H10ClFN2O/c1-4(13)3-6-7(10)5(2)11-8(9)12-6/h4,13H,3H2,1-2H3. The third-order valence-corrected chi connectivity index (χ3v) is 1.72. The van der Waals surface area contributed by atoms with Gasteiger partial charge in [0.25, 0.3) is 0 Å². The molecule has 0 bridgehead atoms.